The fourth-order valence-electron chi connectivity index (χ4n) is 1.59. The maximum absolute atomic E-state index is 12.9. The van der Waals surface area contributed by atoms with Gasteiger partial charge in [-0.1, -0.05) is 24.6 Å². The Morgan fingerprint density at radius 3 is 3.00 bits per heavy atom. The molecule has 1 aromatic heterocycles. The molecular formula is C13H13ClFN3O. The maximum Gasteiger partial charge on any atom is 0.224 e. The van der Waals surface area contributed by atoms with Gasteiger partial charge in [-0.25, -0.2) is 4.39 Å². The average Bonchev–Trinajstić information content (AvgIpc) is 2.80. The Labute approximate surface area is 115 Å². The van der Waals surface area contributed by atoms with E-state index in [9.17, 15) is 9.18 Å². The molecule has 1 heterocycles. The Morgan fingerprint density at radius 2 is 2.32 bits per heavy atom. The van der Waals surface area contributed by atoms with Crippen LogP contribution < -0.4 is 5.32 Å². The molecule has 0 fully saturated rings. The SMILES string of the molecule is CCC(=O)Nc1cnn(Cc2ccc(F)cc2Cl)c1. The number of nitrogens with one attached hydrogen (secondary N) is 1. The summed E-state index contributed by atoms with van der Waals surface area (Å²) in [5, 5.41) is 7.17. The van der Waals surface area contributed by atoms with E-state index in [1.807, 2.05) is 0 Å². The van der Waals surface area contributed by atoms with Gasteiger partial charge >= 0.3 is 0 Å². The number of halogens is 2. The lowest BCUT2D eigenvalue weighted by atomic mass is 10.2. The summed E-state index contributed by atoms with van der Waals surface area (Å²) in [7, 11) is 0. The fraction of sp³-hybridized carbons (Fsp3) is 0.231. The zero-order valence-corrected chi connectivity index (χ0v) is 11.1. The first-order chi connectivity index (χ1) is 9.08. The van der Waals surface area contributed by atoms with Crippen molar-refractivity contribution in [3.8, 4) is 0 Å². The van der Waals surface area contributed by atoms with Crippen LogP contribution in [-0.2, 0) is 11.3 Å². The van der Waals surface area contributed by atoms with Crippen molar-refractivity contribution >= 4 is 23.2 Å². The molecule has 2 aromatic rings. The minimum Gasteiger partial charge on any atom is -0.323 e. The number of anilines is 1. The highest BCUT2D eigenvalue weighted by molar-refractivity contribution is 6.31. The van der Waals surface area contributed by atoms with Crippen molar-refractivity contribution in [3.05, 3.63) is 47.0 Å². The molecule has 100 valence electrons. The Kier molecular flexibility index (Phi) is 4.16. The molecule has 4 nitrogen and oxygen atoms in total. The normalized spacial score (nSPS) is 10.5. The minimum absolute atomic E-state index is 0.0700. The second-order valence-electron chi connectivity index (χ2n) is 4.06. The topological polar surface area (TPSA) is 46.9 Å². The molecular weight excluding hydrogens is 269 g/mol. The van der Waals surface area contributed by atoms with Crippen LogP contribution in [0.4, 0.5) is 10.1 Å². The third-order valence-electron chi connectivity index (χ3n) is 2.59. The molecule has 0 spiro atoms. The van der Waals surface area contributed by atoms with Gasteiger partial charge in [0.1, 0.15) is 5.82 Å². The smallest absolute Gasteiger partial charge is 0.224 e. The first-order valence-electron chi connectivity index (χ1n) is 5.84. The molecule has 2 rings (SSSR count). The molecule has 0 radical (unpaired) electrons. The molecule has 1 amide bonds. The van der Waals surface area contributed by atoms with E-state index < -0.39 is 0 Å². The van der Waals surface area contributed by atoms with Crippen LogP contribution in [0, 0.1) is 5.82 Å². The summed E-state index contributed by atoms with van der Waals surface area (Å²) in [6.07, 6.45) is 3.67. The number of carbonyl (C=O) groups excluding carboxylic acids is 1. The van der Waals surface area contributed by atoms with Gasteiger partial charge in [0.2, 0.25) is 5.91 Å². The number of hydrogen-bond donors (Lipinski definition) is 1. The lowest BCUT2D eigenvalue weighted by molar-refractivity contribution is -0.115. The van der Waals surface area contributed by atoms with Crippen molar-refractivity contribution in [3.63, 3.8) is 0 Å². The van der Waals surface area contributed by atoms with E-state index in [-0.39, 0.29) is 11.7 Å². The second kappa shape index (κ2) is 5.84. The van der Waals surface area contributed by atoms with Gasteiger partial charge < -0.3 is 5.32 Å². The molecule has 19 heavy (non-hydrogen) atoms. The van der Waals surface area contributed by atoms with E-state index >= 15 is 0 Å². The van der Waals surface area contributed by atoms with E-state index in [1.165, 1.54) is 12.1 Å². The van der Waals surface area contributed by atoms with E-state index in [1.54, 1.807) is 30.1 Å². The number of aromatic nitrogens is 2. The highest BCUT2D eigenvalue weighted by Crippen LogP contribution is 2.18. The standard InChI is InChI=1S/C13H13ClFN3O/c1-2-13(19)17-11-6-16-18(8-11)7-9-3-4-10(15)5-12(9)14/h3-6,8H,2,7H2,1H3,(H,17,19). The maximum atomic E-state index is 12.9. The number of carbonyl (C=O) groups is 1. The summed E-state index contributed by atoms with van der Waals surface area (Å²) >= 11 is 5.94. The number of nitrogens with zero attached hydrogens (tertiary/aromatic N) is 2. The van der Waals surface area contributed by atoms with Gasteiger partial charge in [0, 0.05) is 17.6 Å². The van der Waals surface area contributed by atoms with Crippen LogP contribution in [0.3, 0.4) is 0 Å². The predicted octanol–water partition coefficient (Wildman–Crippen LogP) is 3.07. The summed E-state index contributed by atoms with van der Waals surface area (Å²) in [6, 6.07) is 4.23. The van der Waals surface area contributed by atoms with Crippen LogP contribution in [0.5, 0.6) is 0 Å². The summed E-state index contributed by atoms with van der Waals surface area (Å²) in [5.41, 5.74) is 1.39. The molecule has 0 aliphatic carbocycles. The Hall–Kier alpha value is -1.88. The van der Waals surface area contributed by atoms with Crippen molar-refractivity contribution < 1.29 is 9.18 Å². The van der Waals surface area contributed by atoms with Gasteiger partial charge in [-0.2, -0.15) is 5.10 Å². The summed E-state index contributed by atoms with van der Waals surface area (Å²) < 4.78 is 14.5. The Morgan fingerprint density at radius 1 is 1.53 bits per heavy atom. The molecule has 0 saturated heterocycles. The van der Waals surface area contributed by atoms with Gasteiger partial charge in [0.15, 0.2) is 0 Å². The van der Waals surface area contributed by atoms with Crippen LogP contribution in [-0.4, -0.2) is 15.7 Å². The third kappa shape index (κ3) is 3.54. The van der Waals surface area contributed by atoms with E-state index in [4.69, 9.17) is 11.6 Å². The lowest BCUT2D eigenvalue weighted by Crippen LogP contribution is -2.08. The Balaban J connectivity index is 2.09. The summed E-state index contributed by atoms with van der Waals surface area (Å²) in [6.45, 7) is 2.19. The van der Waals surface area contributed by atoms with Crippen molar-refractivity contribution in [2.24, 2.45) is 0 Å². The first-order valence-corrected chi connectivity index (χ1v) is 6.22. The molecule has 6 heteroatoms. The molecule has 0 saturated carbocycles. The van der Waals surface area contributed by atoms with Gasteiger partial charge in [-0.05, 0) is 17.7 Å². The van der Waals surface area contributed by atoms with Gasteiger partial charge in [-0.15, -0.1) is 0 Å². The molecule has 1 N–H and O–H groups in total. The highest BCUT2D eigenvalue weighted by Gasteiger charge is 2.06. The van der Waals surface area contributed by atoms with Gasteiger partial charge in [0.05, 0.1) is 18.4 Å². The van der Waals surface area contributed by atoms with Crippen LogP contribution in [0.1, 0.15) is 18.9 Å². The van der Waals surface area contributed by atoms with E-state index in [0.717, 1.165) is 5.56 Å². The second-order valence-corrected chi connectivity index (χ2v) is 4.47. The van der Waals surface area contributed by atoms with Crippen LogP contribution in [0.15, 0.2) is 30.6 Å². The lowest BCUT2D eigenvalue weighted by Gasteiger charge is -2.04. The Bertz CT molecular complexity index is 597. The monoisotopic (exact) mass is 281 g/mol. The van der Waals surface area contributed by atoms with Crippen molar-refractivity contribution in [1.82, 2.24) is 9.78 Å². The van der Waals surface area contributed by atoms with Crippen molar-refractivity contribution in [1.29, 1.82) is 0 Å². The first kappa shape index (κ1) is 13.5. The van der Waals surface area contributed by atoms with Crippen LogP contribution in [0.25, 0.3) is 0 Å². The van der Waals surface area contributed by atoms with E-state index in [0.29, 0.717) is 23.7 Å². The predicted molar refractivity (Wildman–Crippen MR) is 71.7 cm³/mol. The fourth-order valence-corrected chi connectivity index (χ4v) is 1.82. The van der Waals surface area contributed by atoms with Gasteiger partial charge in [-0.3, -0.25) is 9.48 Å². The molecule has 0 bridgehead atoms. The molecule has 0 aliphatic heterocycles. The minimum atomic E-state index is -0.370. The van der Waals surface area contributed by atoms with Gasteiger partial charge in [0.25, 0.3) is 0 Å². The molecule has 1 aromatic carbocycles. The molecule has 0 atom stereocenters. The number of rotatable bonds is 4. The van der Waals surface area contributed by atoms with Crippen LogP contribution in [0.2, 0.25) is 5.02 Å². The summed E-state index contributed by atoms with van der Waals surface area (Å²) in [4.78, 5) is 11.2. The van der Waals surface area contributed by atoms with Crippen molar-refractivity contribution in [2.75, 3.05) is 5.32 Å². The zero-order valence-electron chi connectivity index (χ0n) is 10.4. The number of amides is 1. The number of hydrogen-bond acceptors (Lipinski definition) is 2. The summed E-state index contributed by atoms with van der Waals surface area (Å²) in [5.74, 6) is -0.440. The largest absolute Gasteiger partial charge is 0.323 e. The molecule has 0 aliphatic rings. The van der Waals surface area contributed by atoms with Crippen LogP contribution >= 0.6 is 11.6 Å². The average molecular weight is 282 g/mol. The molecule has 0 unspecified atom stereocenters. The third-order valence-corrected chi connectivity index (χ3v) is 2.94. The van der Waals surface area contributed by atoms with Crippen molar-refractivity contribution in [2.45, 2.75) is 19.9 Å². The number of benzene rings is 1. The van der Waals surface area contributed by atoms with E-state index in [2.05, 4.69) is 10.4 Å². The quantitative estimate of drug-likeness (QED) is 0.936. The highest BCUT2D eigenvalue weighted by atomic mass is 35.5. The zero-order chi connectivity index (χ0) is 13.8.